The van der Waals surface area contributed by atoms with E-state index in [-0.39, 0.29) is 24.8 Å². The van der Waals surface area contributed by atoms with E-state index in [9.17, 15) is 23.2 Å². The monoisotopic (exact) mass is 467 g/mol. The number of amides is 2. The van der Waals surface area contributed by atoms with Crippen molar-refractivity contribution in [1.29, 1.82) is 0 Å². The van der Waals surface area contributed by atoms with E-state index in [0.717, 1.165) is 16.2 Å². The van der Waals surface area contributed by atoms with Crippen molar-refractivity contribution in [2.24, 2.45) is 23.7 Å². The van der Waals surface area contributed by atoms with Gasteiger partial charge in [-0.05, 0) is 36.7 Å². The summed E-state index contributed by atoms with van der Waals surface area (Å²) < 4.78 is 25.2. The average molecular weight is 468 g/mol. The van der Waals surface area contributed by atoms with Crippen LogP contribution in [-0.4, -0.2) is 42.7 Å². The average Bonchev–Trinajstić information content (AvgIpc) is 2.71. The minimum Gasteiger partial charge on any atom is -0.289 e. The van der Waals surface area contributed by atoms with Gasteiger partial charge in [0.2, 0.25) is 21.8 Å². The quantitative estimate of drug-likeness (QED) is 0.234. The number of sulfonamides is 1. The van der Waals surface area contributed by atoms with Gasteiger partial charge in [0.15, 0.2) is 0 Å². The van der Waals surface area contributed by atoms with E-state index in [0.29, 0.717) is 12.8 Å². The van der Waals surface area contributed by atoms with Crippen LogP contribution in [0.15, 0.2) is 42.5 Å². The molecule has 0 aromatic heterocycles. The summed E-state index contributed by atoms with van der Waals surface area (Å²) in [6.45, 7) is 7.64. The van der Waals surface area contributed by atoms with E-state index >= 15 is 0 Å². The molecule has 0 radical (unpaired) electrons. The van der Waals surface area contributed by atoms with Crippen LogP contribution < -0.4 is 10.9 Å². The zero-order valence-corrected chi connectivity index (χ0v) is 20.4. The lowest BCUT2D eigenvalue weighted by molar-refractivity contribution is -0.141. The summed E-state index contributed by atoms with van der Waals surface area (Å²) in [5.74, 6) is -2.84. The molecule has 0 spiro atoms. The molecule has 0 aliphatic carbocycles. The molecule has 180 valence electrons. The second-order valence-electron chi connectivity index (χ2n) is 8.88. The number of nitrogens with zero attached hydrogens (tertiary/aromatic N) is 1. The highest BCUT2D eigenvalue weighted by Crippen LogP contribution is 2.25. The lowest BCUT2D eigenvalue weighted by Crippen LogP contribution is -2.51. The van der Waals surface area contributed by atoms with Crippen LogP contribution in [0.1, 0.15) is 46.1 Å². The molecule has 1 rings (SSSR count). The van der Waals surface area contributed by atoms with E-state index in [4.69, 9.17) is 0 Å². The molecule has 2 unspecified atom stereocenters. The molecule has 9 heteroatoms. The normalized spacial score (nSPS) is 14.2. The molecular weight excluding hydrogens is 430 g/mol. The predicted octanol–water partition coefficient (Wildman–Crippen LogP) is 2.91. The van der Waals surface area contributed by atoms with Gasteiger partial charge in [0, 0.05) is 6.54 Å². The van der Waals surface area contributed by atoms with Crippen molar-refractivity contribution in [2.45, 2.75) is 47.0 Å². The number of hydrogen-bond donors (Lipinski definition) is 3. The van der Waals surface area contributed by atoms with Crippen molar-refractivity contribution in [1.82, 2.24) is 15.3 Å². The number of carbonyl (C=O) groups is 2. The SMILES string of the molecule is CC(C)CC(C(=O)NN(CC(C)C)S(C)(=O)=O)C(CC=CCc1ccccc1)C(=O)NO. The fourth-order valence-corrected chi connectivity index (χ4v) is 4.20. The summed E-state index contributed by atoms with van der Waals surface area (Å²) in [6, 6.07) is 9.80. The van der Waals surface area contributed by atoms with Crippen molar-refractivity contribution in [3.05, 3.63) is 48.0 Å². The van der Waals surface area contributed by atoms with Gasteiger partial charge in [-0.25, -0.2) is 13.9 Å². The molecule has 3 N–H and O–H groups in total. The highest BCUT2D eigenvalue weighted by atomic mass is 32.2. The number of rotatable bonds is 13. The molecule has 0 saturated carbocycles. The van der Waals surface area contributed by atoms with Crippen molar-refractivity contribution < 1.29 is 23.2 Å². The van der Waals surface area contributed by atoms with Crippen LogP contribution in [0.3, 0.4) is 0 Å². The Hall–Kier alpha value is -2.23. The first-order chi connectivity index (χ1) is 15.0. The van der Waals surface area contributed by atoms with Crippen LogP contribution in [0.5, 0.6) is 0 Å². The Kier molecular flexibility index (Phi) is 11.6. The Bertz CT molecular complexity index is 854. The number of hydroxylamine groups is 1. The smallest absolute Gasteiger partial charge is 0.247 e. The van der Waals surface area contributed by atoms with Crippen LogP contribution in [0.2, 0.25) is 0 Å². The van der Waals surface area contributed by atoms with Crippen molar-refractivity contribution in [3.63, 3.8) is 0 Å². The van der Waals surface area contributed by atoms with E-state index in [2.05, 4.69) is 5.43 Å². The first kappa shape index (κ1) is 27.8. The fourth-order valence-electron chi connectivity index (χ4n) is 3.38. The third kappa shape index (κ3) is 9.93. The Morgan fingerprint density at radius 3 is 2.12 bits per heavy atom. The molecule has 2 atom stereocenters. The first-order valence-electron chi connectivity index (χ1n) is 10.9. The van der Waals surface area contributed by atoms with Gasteiger partial charge < -0.3 is 0 Å². The van der Waals surface area contributed by atoms with E-state index in [1.807, 2.05) is 70.2 Å². The van der Waals surface area contributed by atoms with Crippen molar-refractivity contribution in [3.8, 4) is 0 Å². The molecule has 0 bridgehead atoms. The molecule has 0 heterocycles. The molecule has 0 aliphatic rings. The molecule has 0 fully saturated rings. The molecular formula is C23H37N3O5S. The Labute approximate surface area is 192 Å². The lowest BCUT2D eigenvalue weighted by atomic mass is 9.82. The molecule has 8 nitrogen and oxygen atoms in total. The van der Waals surface area contributed by atoms with E-state index < -0.39 is 33.7 Å². The van der Waals surface area contributed by atoms with Crippen LogP contribution >= 0.6 is 0 Å². The highest BCUT2D eigenvalue weighted by Gasteiger charge is 2.35. The second-order valence-corrected chi connectivity index (χ2v) is 10.8. The lowest BCUT2D eigenvalue weighted by Gasteiger charge is -2.29. The van der Waals surface area contributed by atoms with Crippen LogP contribution in [0.4, 0.5) is 0 Å². The standard InChI is InChI=1S/C23H37N3O5S/c1-17(2)15-21(22(27)24-26(16-18(3)4)32(5,30)31)20(23(28)25-29)14-10-9-13-19-11-7-6-8-12-19/h6-12,17-18,20-21,29H,13-16H2,1-5H3,(H,24,27)(H,25,28). The minimum atomic E-state index is -3.68. The molecule has 0 saturated heterocycles. The molecule has 32 heavy (non-hydrogen) atoms. The number of benzene rings is 1. The minimum absolute atomic E-state index is 0.00830. The maximum Gasteiger partial charge on any atom is 0.247 e. The van der Waals surface area contributed by atoms with Gasteiger partial charge >= 0.3 is 0 Å². The van der Waals surface area contributed by atoms with Crippen molar-refractivity contribution >= 4 is 21.8 Å². The predicted molar refractivity (Wildman–Crippen MR) is 125 cm³/mol. The van der Waals surface area contributed by atoms with E-state index in [1.54, 1.807) is 5.48 Å². The Balaban J connectivity index is 3.06. The highest BCUT2D eigenvalue weighted by molar-refractivity contribution is 7.88. The summed E-state index contributed by atoms with van der Waals surface area (Å²) in [4.78, 5) is 25.6. The molecule has 1 aromatic rings. The Morgan fingerprint density at radius 2 is 1.62 bits per heavy atom. The third-order valence-electron chi connectivity index (χ3n) is 4.91. The zero-order chi connectivity index (χ0) is 24.3. The van der Waals surface area contributed by atoms with Gasteiger partial charge in [-0.2, -0.15) is 0 Å². The molecule has 2 amide bonds. The maximum atomic E-state index is 13.1. The van der Waals surface area contributed by atoms with Gasteiger partial charge in [-0.1, -0.05) is 70.2 Å². The number of carbonyl (C=O) groups excluding carboxylic acids is 2. The first-order valence-corrected chi connectivity index (χ1v) is 12.7. The van der Waals surface area contributed by atoms with Gasteiger partial charge in [0.25, 0.3) is 0 Å². The number of hydrazine groups is 1. The second kappa shape index (κ2) is 13.3. The number of hydrogen-bond acceptors (Lipinski definition) is 5. The van der Waals surface area contributed by atoms with E-state index in [1.165, 1.54) is 0 Å². The third-order valence-corrected chi connectivity index (χ3v) is 5.96. The van der Waals surface area contributed by atoms with Gasteiger partial charge in [-0.15, -0.1) is 4.41 Å². The fraction of sp³-hybridized carbons (Fsp3) is 0.565. The van der Waals surface area contributed by atoms with Crippen molar-refractivity contribution in [2.75, 3.05) is 12.8 Å². The largest absolute Gasteiger partial charge is 0.289 e. The summed E-state index contributed by atoms with van der Waals surface area (Å²) in [7, 11) is -3.68. The maximum absolute atomic E-state index is 13.1. The van der Waals surface area contributed by atoms with Crippen LogP contribution in [-0.2, 0) is 26.0 Å². The number of nitrogens with one attached hydrogen (secondary N) is 2. The number of allylic oxidation sites excluding steroid dienone is 2. The topological polar surface area (TPSA) is 116 Å². The molecule has 1 aromatic carbocycles. The summed E-state index contributed by atoms with van der Waals surface area (Å²) in [5, 5.41) is 9.27. The van der Waals surface area contributed by atoms with Crippen LogP contribution in [0.25, 0.3) is 0 Å². The summed E-state index contributed by atoms with van der Waals surface area (Å²) >= 11 is 0. The van der Waals surface area contributed by atoms with Crippen LogP contribution in [0, 0.1) is 23.7 Å². The van der Waals surface area contributed by atoms with Gasteiger partial charge in [-0.3, -0.25) is 20.2 Å². The molecule has 0 aliphatic heterocycles. The zero-order valence-electron chi connectivity index (χ0n) is 19.6. The van der Waals surface area contributed by atoms with Gasteiger partial charge in [0.05, 0.1) is 18.1 Å². The summed E-state index contributed by atoms with van der Waals surface area (Å²) in [5.41, 5.74) is 5.27. The summed E-state index contributed by atoms with van der Waals surface area (Å²) in [6.07, 6.45) is 6.01. The van der Waals surface area contributed by atoms with Gasteiger partial charge in [0.1, 0.15) is 0 Å². The Morgan fingerprint density at radius 1 is 1.00 bits per heavy atom.